The zero-order valence-electron chi connectivity index (χ0n) is 12.1. The summed E-state index contributed by atoms with van der Waals surface area (Å²) in [5.74, 6) is 0. The van der Waals surface area contributed by atoms with Crippen LogP contribution in [0.5, 0.6) is 0 Å². The molecule has 0 spiro atoms. The third kappa shape index (κ3) is 3.53. The highest BCUT2D eigenvalue weighted by molar-refractivity contribution is 5.74. The highest BCUT2D eigenvalue weighted by Crippen LogP contribution is 2.17. The summed E-state index contributed by atoms with van der Waals surface area (Å²) in [7, 11) is 0. The van der Waals surface area contributed by atoms with Gasteiger partial charge in [-0.2, -0.15) is 0 Å². The Labute approximate surface area is 121 Å². The molecule has 2 amide bonds. The Hall–Kier alpha value is -1.97. The lowest BCUT2D eigenvalue weighted by atomic mass is 10.1. The van der Waals surface area contributed by atoms with Gasteiger partial charge in [0.25, 0.3) is 0 Å². The van der Waals surface area contributed by atoms with Crippen LogP contribution in [0.3, 0.4) is 0 Å². The first-order chi connectivity index (χ1) is 9.74. The lowest BCUT2D eigenvalue weighted by molar-refractivity contribution is 0.195. The summed E-state index contributed by atoms with van der Waals surface area (Å²) < 4.78 is 0. The zero-order chi connectivity index (χ0) is 14.4. The molecule has 1 saturated heterocycles. The van der Waals surface area contributed by atoms with Crippen molar-refractivity contribution in [1.29, 1.82) is 0 Å². The van der Waals surface area contributed by atoms with Crippen molar-refractivity contribution in [2.24, 2.45) is 0 Å². The largest absolute Gasteiger partial charge is 0.368 e. The predicted molar refractivity (Wildman–Crippen MR) is 83.2 cm³/mol. The molecule has 1 aromatic rings. The molecule has 0 atom stereocenters. The Balaban J connectivity index is 1.86. The molecule has 1 aliphatic rings. The summed E-state index contributed by atoms with van der Waals surface area (Å²) in [6.07, 6.45) is 2.76. The lowest BCUT2D eigenvalue weighted by Gasteiger charge is -2.36. The monoisotopic (exact) mass is 273 g/mol. The van der Waals surface area contributed by atoms with Gasteiger partial charge < -0.3 is 15.1 Å². The number of hydrogen-bond acceptors (Lipinski definition) is 2. The summed E-state index contributed by atoms with van der Waals surface area (Å²) in [6, 6.07) is 8.71. The fraction of sp³-hybridized carbons (Fsp3) is 0.438. The second-order valence-electron chi connectivity index (χ2n) is 4.97. The van der Waals surface area contributed by atoms with E-state index >= 15 is 0 Å². The SMILES string of the molecule is C=CCNC(=O)N1CCN(c2ccc(CC)cc2)CC1. The summed E-state index contributed by atoms with van der Waals surface area (Å²) >= 11 is 0. The third-order valence-electron chi connectivity index (χ3n) is 3.67. The molecule has 0 radical (unpaired) electrons. The van der Waals surface area contributed by atoms with Crippen LogP contribution in [-0.4, -0.2) is 43.7 Å². The van der Waals surface area contributed by atoms with Crippen molar-refractivity contribution >= 4 is 11.7 Å². The van der Waals surface area contributed by atoms with Crippen LogP contribution in [0.15, 0.2) is 36.9 Å². The van der Waals surface area contributed by atoms with E-state index in [9.17, 15) is 4.79 Å². The molecule has 0 saturated carbocycles. The first kappa shape index (κ1) is 14.4. The van der Waals surface area contributed by atoms with Crippen molar-refractivity contribution in [3.63, 3.8) is 0 Å². The van der Waals surface area contributed by atoms with E-state index in [1.54, 1.807) is 6.08 Å². The van der Waals surface area contributed by atoms with Gasteiger partial charge >= 0.3 is 6.03 Å². The van der Waals surface area contributed by atoms with Gasteiger partial charge in [-0.3, -0.25) is 0 Å². The third-order valence-corrected chi connectivity index (χ3v) is 3.67. The fourth-order valence-electron chi connectivity index (χ4n) is 2.38. The van der Waals surface area contributed by atoms with Gasteiger partial charge in [-0.05, 0) is 24.1 Å². The maximum atomic E-state index is 11.8. The van der Waals surface area contributed by atoms with Gasteiger partial charge in [-0.25, -0.2) is 4.79 Å². The topological polar surface area (TPSA) is 35.6 Å². The van der Waals surface area contributed by atoms with E-state index in [1.807, 2.05) is 4.90 Å². The maximum Gasteiger partial charge on any atom is 0.317 e. The van der Waals surface area contributed by atoms with Crippen LogP contribution < -0.4 is 10.2 Å². The molecule has 20 heavy (non-hydrogen) atoms. The quantitative estimate of drug-likeness (QED) is 0.854. The van der Waals surface area contributed by atoms with Gasteiger partial charge in [-0.1, -0.05) is 25.1 Å². The Morgan fingerprint density at radius 2 is 1.90 bits per heavy atom. The Kier molecular flexibility index (Phi) is 5.04. The first-order valence-electron chi connectivity index (χ1n) is 7.22. The van der Waals surface area contributed by atoms with E-state index in [1.165, 1.54) is 11.3 Å². The number of urea groups is 1. The molecular formula is C16H23N3O. The predicted octanol–water partition coefficient (Wildman–Crippen LogP) is 2.27. The maximum absolute atomic E-state index is 11.8. The smallest absolute Gasteiger partial charge is 0.317 e. The molecule has 1 aromatic carbocycles. The number of amides is 2. The minimum Gasteiger partial charge on any atom is -0.368 e. The van der Waals surface area contributed by atoms with E-state index in [0.29, 0.717) is 6.54 Å². The number of carbonyl (C=O) groups excluding carboxylic acids is 1. The molecule has 0 aliphatic carbocycles. The average Bonchev–Trinajstić information content (AvgIpc) is 2.53. The van der Waals surface area contributed by atoms with E-state index < -0.39 is 0 Å². The minimum atomic E-state index is 0.00545. The first-order valence-corrected chi connectivity index (χ1v) is 7.22. The van der Waals surface area contributed by atoms with Crippen LogP contribution in [0.4, 0.5) is 10.5 Å². The molecular weight excluding hydrogens is 250 g/mol. The van der Waals surface area contributed by atoms with Gasteiger partial charge in [0.05, 0.1) is 0 Å². The number of aryl methyl sites for hydroxylation is 1. The molecule has 1 heterocycles. The average molecular weight is 273 g/mol. The molecule has 0 aromatic heterocycles. The Morgan fingerprint density at radius 3 is 2.45 bits per heavy atom. The van der Waals surface area contributed by atoms with Crippen LogP contribution in [0.2, 0.25) is 0 Å². The number of nitrogens with one attached hydrogen (secondary N) is 1. The number of carbonyl (C=O) groups is 1. The molecule has 2 rings (SSSR count). The number of rotatable bonds is 4. The van der Waals surface area contributed by atoms with Crippen LogP contribution in [-0.2, 0) is 6.42 Å². The van der Waals surface area contributed by atoms with E-state index in [0.717, 1.165) is 32.6 Å². The molecule has 1 N–H and O–H groups in total. The minimum absolute atomic E-state index is 0.00545. The standard InChI is InChI=1S/C16H23N3O/c1-3-9-17-16(20)19-12-10-18(11-13-19)15-7-5-14(4-2)6-8-15/h3,5-8H,1,4,9-13H2,2H3,(H,17,20). The molecule has 1 fully saturated rings. The van der Waals surface area contributed by atoms with Crippen molar-refractivity contribution in [2.45, 2.75) is 13.3 Å². The Bertz CT molecular complexity index is 447. The molecule has 108 valence electrons. The number of hydrogen-bond donors (Lipinski definition) is 1. The van der Waals surface area contributed by atoms with Crippen molar-refractivity contribution in [3.05, 3.63) is 42.5 Å². The van der Waals surface area contributed by atoms with Gasteiger partial charge in [0.1, 0.15) is 0 Å². The zero-order valence-corrected chi connectivity index (χ0v) is 12.1. The highest BCUT2D eigenvalue weighted by Gasteiger charge is 2.20. The molecule has 0 bridgehead atoms. The number of benzene rings is 1. The van der Waals surface area contributed by atoms with E-state index in [-0.39, 0.29) is 6.03 Å². The van der Waals surface area contributed by atoms with Crippen LogP contribution in [0.1, 0.15) is 12.5 Å². The van der Waals surface area contributed by atoms with Crippen LogP contribution >= 0.6 is 0 Å². The van der Waals surface area contributed by atoms with Crippen LogP contribution in [0, 0.1) is 0 Å². The lowest BCUT2D eigenvalue weighted by Crippen LogP contribution is -2.51. The molecule has 4 heteroatoms. The van der Waals surface area contributed by atoms with Crippen molar-refractivity contribution in [2.75, 3.05) is 37.6 Å². The molecule has 4 nitrogen and oxygen atoms in total. The summed E-state index contributed by atoms with van der Waals surface area (Å²) in [5.41, 5.74) is 2.60. The van der Waals surface area contributed by atoms with Gasteiger partial charge in [-0.15, -0.1) is 6.58 Å². The number of anilines is 1. The van der Waals surface area contributed by atoms with Crippen molar-refractivity contribution in [3.8, 4) is 0 Å². The van der Waals surface area contributed by atoms with Crippen molar-refractivity contribution in [1.82, 2.24) is 10.2 Å². The second-order valence-corrected chi connectivity index (χ2v) is 4.97. The summed E-state index contributed by atoms with van der Waals surface area (Å²) in [6.45, 7) is 9.58. The van der Waals surface area contributed by atoms with Crippen molar-refractivity contribution < 1.29 is 4.79 Å². The normalized spacial score (nSPS) is 15.1. The van der Waals surface area contributed by atoms with E-state index in [4.69, 9.17) is 0 Å². The summed E-state index contributed by atoms with van der Waals surface area (Å²) in [5, 5.41) is 2.82. The number of piperazine rings is 1. The Morgan fingerprint density at radius 1 is 1.25 bits per heavy atom. The molecule has 1 aliphatic heterocycles. The number of nitrogens with zero attached hydrogens (tertiary/aromatic N) is 2. The van der Waals surface area contributed by atoms with Crippen LogP contribution in [0.25, 0.3) is 0 Å². The van der Waals surface area contributed by atoms with E-state index in [2.05, 4.69) is 48.0 Å². The fourth-order valence-corrected chi connectivity index (χ4v) is 2.38. The van der Waals surface area contributed by atoms with Gasteiger partial charge in [0, 0.05) is 38.4 Å². The van der Waals surface area contributed by atoms with Gasteiger partial charge in [0.15, 0.2) is 0 Å². The highest BCUT2D eigenvalue weighted by atomic mass is 16.2. The molecule has 0 unspecified atom stereocenters. The summed E-state index contributed by atoms with van der Waals surface area (Å²) in [4.78, 5) is 16.0. The second kappa shape index (κ2) is 6.98. The van der Waals surface area contributed by atoms with Gasteiger partial charge in [0.2, 0.25) is 0 Å².